The van der Waals surface area contributed by atoms with Crippen molar-refractivity contribution < 1.29 is 9.90 Å². The predicted molar refractivity (Wildman–Crippen MR) is 87.4 cm³/mol. The maximum Gasteiger partial charge on any atom is 0.229 e. The molecule has 1 rings (SSSR count). The van der Waals surface area contributed by atoms with E-state index in [1.54, 1.807) is 0 Å². The van der Waals surface area contributed by atoms with Gasteiger partial charge in [0.05, 0.1) is 12.5 Å². The van der Waals surface area contributed by atoms with E-state index in [0.717, 1.165) is 17.9 Å². The number of anilines is 2. The van der Waals surface area contributed by atoms with Crippen molar-refractivity contribution in [3.05, 3.63) is 24.3 Å². The third-order valence-electron chi connectivity index (χ3n) is 3.65. The molecular formula is C16H27N3O2. The highest BCUT2D eigenvalue weighted by Gasteiger charge is 2.20. The Balaban J connectivity index is 2.72. The largest absolute Gasteiger partial charge is 0.395 e. The van der Waals surface area contributed by atoms with Crippen molar-refractivity contribution in [3.8, 4) is 0 Å². The Morgan fingerprint density at radius 1 is 1.33 bits per heavy atom. The first-order valence-electron chi connectivity index (χ1n) is 7.50. The van der Waals surface area contributed by atoms with E-state index in [-0.39, 0.29) is 24.3 Å². The van der Waals surface area contributed by atoms with Crippen LogP contribution < -0.4 is 16.0 Å². The number of aliphatic hydroxyl groups excluding tert-OH is 1. The Hall–Kier alpha value is -1.59. The molecule has 0 aliphatic rings. The number of hydrogen-bond donors (Lipinski definition) is 3. The highest BCUT2D eigenvalue weighted by atomic mass is 16.3. The smallest absolute Gasteiger partial charge is 0.229 e. The van der Waals surface area contributed by atoms with Crippen molar-refractivity contribution in [3.63, 3.8) is 0 Å². The first-order chi connectivity index (χ1) is 10.0. The summed E-state index contributed by atoms with van der Waals surface area (Å²) in [5.41, 5.74) is 7.45. The molecule has 0 aromatic heterocycles. The Labute approximate surface area is 127 Å². The maximum absolute atomic E-state index is 12.1. The van der Waals surface area contributed by atoms with Gasteiger partial charge in [0, 0.05) is 31.0 Å². The number of benzene rings is 1. The van der Waals surface area contributed by atoms with Gasteiger partial charge in [-0.2, -0.15) is 0 Å². The molecule has 0 heterocycles. The molecule has 0 radical (unpaired) electrons. The normalized spacial score (nSPS) is 12.3. The zero-order valence-corrected chi connectivity index (χ0v) is 13.2. The quantitative estimate of drug-likeness (QED) is 0.681. The van der Waals surface area contributed by atoms with Crippen LogP contribution in [-0.2, 0) is 4.79 Å². The molecule has 0 aliphatic carbocycles. The summed E-state index contributed by atoms with van der Waals surface area (Å²) >= 11 is 0. The summed E-state index contributed by atoms with van der Waals surface area (Å²) in [5.74, 6) is 0.00331. The number of nitrogens with one attached hydrogen (secondary N) is 1. The maximum atomic E-state index is 12.1. The minimum atomic E-state index is -0.175. The molecule has 5 nitrogen and oxygen atoms in total. The summed E-state index contributed by atoms with van der Waals surface area (Å²) in [4.78, 5) is 14.2. The fourth-order valence-electron chi connectivity index (χ4n) is 2.26. The summed E-state index contributed by atoms with van der Waals surface area (Å²) in [6.45, 7) is 7.93. The van der Waals surface area contributed by atoms with Crippen molar-refractivity contribution in [1.29, 1.82) is 0 Å². The van der Waals surface area contributed by atoms with E-state index in [1.807, 2.05) is 45.0 Å². The summed E-state index contributed by atoms with van der Waals surface area (Å²) in [7, 11) is 0. The Morgan fingerprint density at radius 3 is 2.38 bits per heavy atom. The summed E-state index contributed by atoms with van der Waals surface area (Å²) in [6.07, 6.45) is 0. The number of carbonyl (C=O) groups excluding carboxylic acids is 1. The molecule has 1 aromatic carbocycles. The van der Waals surface area contributed by atoms with Crippen LogP contribution in [0.25, 0.3) is 0 Å². The predicted octanol–water partition coefficient (Wildman–Crippen LogP) is 1.67. The average molecular weight is 293 g/mol. The van der Waals surface area contributed by atoms with E-state index in [1.165, 1.54) is 0 Å². The van der Waals surface area contributed by atoms with Gasteiger partial charge < -0.3 is 21.1 Å². The SMILES string of the molecule is CCN(CCO)c1ccc(NC(=O)C(CN)C(C)C)cc1. The monoisotopic (exact) mass is 293 g/mol. The van der Waals surface area contributed by atoms with Gasteiger partial charge in [-0.3, -0.25) is 4.79 Å². The highest BCUT2D eigenvalue weighted by Crippen LogP contribution is 2.19. The van der Waals surface area contributed by atoms with Crippen molar-refractivity contribution in [2.24, 2.45) is 17.6 Å². The second-order valence-corrected chi connectivity index (χ2v) is 5.43. The second kappa shape index (κ2) is 8.64. The first-order valence-corrected chi connectivity index (χ1v) is 7.50. The number of carbonyl (C=O) groups is 1. The number of aliphatic hydroxyl groups is 1. The lowest BCUT2D eigenvalue weighted by molar-refractivity contribution is -0.120. The Bertz CT molecular complexity index is 432. The van der Waals surface area contributed by atoms with E-state index in [2.05, 4.69) is 10.2 Å². The molecule has 0 saturated carbocycles. The Morgan fingerprint density at radius 2 is 1.95 bits per heavy atom. The van der Waals surface area contributed by atoms with Gasteiger partial charge in [0.1, 0.15) is 0 Å². The third kappa shape index (κ3) is 5.02. The number of hydrogen-bond acceptors (Lipinski definition) is 4. The molecule has 0 aliphatic heterocycles. The van der Waals surface area contributed by atoms with Gasteiger partial charge >= 0.3 is 0 Å². The lowest BCUT2D eigenvalue weighted by Crippen LogP contribution is -2.33. The van der Waals surface area contributed by atoms with E-state index in [0.29, 0.717) is 13.1 Å². The molecule has 4 N–H and O–H groups in total. The molecule has 0 bridgehead atoms. The average Bonchev–Trinajstić information content (AvgIpc) is 2.46. The molecule has 1 aromatic rings. The molecule has 0 spiro atoms. The van der Waals surface area contributed by atoms with Crippen LogP contribution in [0, 0.1) is 11.8 Å². The molecule has 5 heteroatoms. The lowest BCUT2D eigenvalue weighted by atomic mass is 9.95. The van der Waals surface area contributed by atoms with Gasteiger partial charge in [-0.15, -0.1) is 0 Å². The summed E-state index contributed by atoms with van der Waals surface area (Å²) < 4.78 is 0. The number of nitrogens with zero attached hydrogens (tertiary/aromatic N) is 1. The van der Waals surface area contributed by atoms with E-state index in [9.17, 15) is 4.79 Å². The molecule has 1 unspecified atom stereocenters. The Kier molecular flexibility index (Phi) is 7.19. The van der Waals surface area contributed by atoms with Gasteiger partial charge in [0.15, 0.2) is 0 Å². The fraction of sp³-hybridized carbons (Fsp3) is 0.562. The molecule has 118 valence electrons. The van der Waals surface area contributed by atoms with Crippen LogP contribution in [0.2, 0.25) is 0 Å². The molecule has 1 amide bonds. The summed E-state index contributed by atoms with van der Waals surface area (Å²) in [6, 6.07) is 7.64. The zero-order valence-electron chi connectivity index (χ0n) is 13.2. The van der Waals surface area contributed by atoms with Crippen LogP contribution in [0.5, 0.6) is 0 Å². The highest BCUT2D eigenvalue weighted by molar-refractivity contribution is 5.93. The van der Waals surface area contributed by atoms with Crippen LogP contribution in [0.3, 0.4) is 0 Å². The number of rotatable bonds is 8. The van der Waals surface area contributed by atoms with Gasteiger partial charge in [0.2, 0.25) is 5.91 Å². The van der Waals surface area contributed by atoms with Crippen LogP contribution in [-0.4, -0.2) is 37.3 Å². The van der Waals surface area contributed by atoms with E-state index in [4.69, 9.17) is 10.8 Å². The van der Waals surface area contributed by atoms with E-state index >= 15 is 0 Å². The zero-order chi connectivity index (χ0) is 15.8. The van der Waals surface area contributed by atoms with Crippen molar-refractivity contribution in [1.82, 2.24) is 0 Å². The second-order valence-electron chi connectivity index (χ2n) is 5.43. The number of likely N-dealkylation sites (N-methyl/N-ethyl adjacent to an activating group) is 1. The van der Waals surface area contributed by atoms with Gasteiger partial charge in [-0.1, -0.05) is 13.8 Å². The van der Waals surface area contributed by atoms with Crippen molar-refractivity contribution >= 4 is 17.3 Å². The minimum Gasteiger partial charge on any atom is -0.395 e. The van der Waals surface area contributed by atoms with E-state index < -0.39 is 0 Å². The van der Waals surface area contributed by atoms with Crippen LogP contribution >= 0.6 is 0 Å². The van der Waals surface area contributed by atoms with Gasteiger partial charge in [0.25, 0.3) is 0 Å². The minimum absolute atomic E-state index is 0.0389. The van der Waals surface area contributed by atoms with Crippen molar-refractivity contribution in [2.75, 3.05) is 36.5 Å². The molecule has 1 atom stereocenters. The lowest BCUT2D eigenvalue weighted by Gasteiger charge is -2.22. The summed E-state index contributed by atoms with van der Waals surface area (Å²) in [5, 5.41) is 11.9. The van der Waals surface area contributed by atoms with Crippen LogP contribution in [0.1, 0.15) is 20.8 Å². The molecular weight excluding hydrogens is 266 g/mol. The van der Waals surface area contributed by atoms with Gasteiger partial charge in [-0.05, 0) is 37.1 Å². The van der Waals surface area contributed by atoms with Crippen LogP contribution in [0.4, 0.5) is 11.4 Å². The standard InChI is InChI=1S/C16H27N3O2/c1-4-19(9-10-20)14-7-5-13(6-8-14)18-16(21)15(11-17)12(2)3/h5-8,12,15,20H,4,9-11,17H2,1-3H3,(H,18,21). The number of nitrogens with two attached hydrogens (primary N) is 1. The van der Waals surface area contributed by atoms with Crippen molar-refractivity contribution in [2.45, 2.75) is 20.8 Å². The topological polar surface area (TPSA) is 78.6 Å². The fourth-order valence-corrected chi connectivity index (χ4v) is 2.26. The molecule has 0 fully saturated rings. The molecule has 21 heavy (non-hydrogen) atoms. The molecule has 0 saturated heterocycles. The van der Waals surface area contributed by atoms with Crippen LogP contribution in [0.15, 0.2) is 24.3 Å². The third-order valence-corrected chi connectivity index (χ3v) is 3.65. The first kappa shape index (κ1) is 17.5. The van der Waals surface area contributed by atoms with Gasteiger partial charge in [-0.25, -0.2) is 0 Å². The number of amides is 1.